The number of benzene rings is 1. The Morgan fingerprint density at radius 2 is 1.36 bits per heavy atom. The number of anilines is 1. The Bertz CT molecular complexity index is 552. The molecule has 1 amide bonds. The molecule has 0 saturated carbocycles. The van der Waals surface area contributed by atoms with Crippen molar-refractivity contribution in [2.24, 2.45) is 0 Å². The molecule has 5 heteroatoms. The molecule has 2 aliphatic heterocycles. The molecule has 0 aliphatic carbocycles. The van der Waals surface area contributed by atoms with Gasteiger partial charge in [-0.1, -0.05) is 28.8 Å². The number of hydrogen-bond donors (Lipinski definition) is 1. The van der Waals surface area contributed by atoms with Crippen LogP contribution < -0.4 is 5.32 Å². The maximum Gasteiger partial charge on any atom is 0.221 e. The summed E-state index contributed by atoms with van der Waals surface area (Å²) >= 11 is 3.69. The van der Waals surface area contributed by atoms with Crippen molar-refractivity contribution in [3.63, 3.8) is 0 Å². The van der Waals surface area contributed by atoms with E-state index in [1.54, 1.807) is 6.92 Å². The monoisotopic (exact) mass is 407 g/mol. The summed E-state index contributed by atoms with van der Waals surface area (Å²) in [5, 5.41) is 3.14. The molecule has 25 heavy (non-hydrogen) atoms. The molecule has 0 spiro atoms. The predicted molar refractivity (Wildman–Crippen MR) is 107 cm³/mol. The van der Waals surface area contributed by atoms with Crippen LogP contribution in [0, 0.1) is 0 Å². The normalized spacial score (nSPS) is 19.8. The smallest absolute Gasteiger partial charge is 0.221 e. The van der Waals surface area contributed by atoms with Gasteiger partial charge in [0, 0.05) is 30.2 Å². The largest absolute Gasteiger partial charge is 0.326 e. The Hall–Kier alpha value is -0.910. The van der Waals surface area contributed by atoms with E-state index in [9.17, 15) is 4.79 Å². The van der Waals surface area contributed by atoms with Gasteiger partial charge in [0.15, 0.2) is 0 Å². The predicted octanol–water partition coefficient (Wildman–Crippen LogP) is 4.38. The standard InChI is InChI=1S/C20H30BrN3O/c1-16(25)22-20-17(14-23-8-4-2-5-9-23)12-19(21)13-18(20)15-24-10-6-3-7-11-24/h12-13H,2-11,14-15H2,1H3,(H,22,25). The minimum Gasteiger partial charge on any atom is -0.326 e. The SMILES string of the molecule is CC(=O)Nc1c(CN2CCCCC2)cc(Br)cc1CN1CCCCC1. The van der Waals surface area contributed by atoms with Gasteiger partial charge in [-0.15, -0.1) is 0 Å². The number of amides is 1. The van der Waals surface area contributed by atoms with E-state index in [-0.39, 0.29) is 5.91 Å². The van der Waals surface area contributed by atoms with Gasteiger partial charge in [-0.2, -0.15) is 0 Å². The topological polar surface area (TPSA) is 35.6 Å². The molecule has 4 nitrogen and oxygen atoms in total. The highest BCUT2D eigenvalue weighted by molar-refractivity contribution is 9.10. The number of nitrogens with one attached hydrogen (secondary N) is 1. The van der Waals surface area contributed by atoms with E-state index >= 15 is 0 Å². The molecule has 3 rings (SSSR count). The Labute approximate surface area is 160 Å². The minimum atomic E-state index is 0.0158. The molecule has 1 N–H and O–H groups in total. The quantitative estimate of drug-likeness (QED) is 0.786. The summed E-state index contributed by atoms with van der Waals surface area (Å²) in [4.78, 5) is 16.9. The van der Waals surface area contributed by atoms with Gasteiger partial charge in [0.1, 0.15) is 0 Å². The molecular weight excluding hydrogens is 378 g/mol. The first-order chi connectivity index (χ1) is 12.1. The van der Waals surface area contributed by atoms with Crippen LogP contribution >= 0.6 is 15.9 Å². The van der Waals surface area contributed by atoms with Crippen LogP contribution in [-0.4, -0.2) is 41.9 Å². The first-order valence-electron chi connectivity index (χ1n) is 9.65. The highest BCUT2D eigenvalue weighted by Crippen LogP contribution is 2.30. The van der Waals surface area contributed by atoms with Crippen LogP contribution in [0.3, 0.4) is 0 Å². The van der Waals surface area contributed by atoms with Gasteiger partial charge in [-0.05, 0) is 75.1 Å². The third-order valence-corrected chi connectivity index (χ3v) is 5.71. The van der Waals surface area contributed by atoms with Crippen LogP contribution in [0.15, 0.2) is 16.6 Å². The zero-order valence-corrected chi connectivity index (χ0v) is 16.9. The zero-order chi connectivity index (χ0) is 17.6. The van der Waals surface area contributed by atoms with Crippen molar-refractivity contribution in [3.8, 4) is 0 Å². The van der Waals surface area contributed by atoms with Crippen LogP contribution in [0.25, 0.3) is 0 Å². The van der Waals surface area contributed by atoms with Crippen molar-refractivity contribution in [2.45, 2.75) is 58.5 Å². The van der Waals surface area contributed by atoms with E-state index < -0.39 is 0 Å². The fraction of sp³-hybridized carbons (Fsp3) is 0.650. The molecule has 0 atom stereocenters. The van der Waals surface area contributed by atoms with E-state index in [0.717, 1.165) is 49.4 Å². The van der Waals surface area contributed by atoms with Crippen LogP contribution in [0.5, 0.6) is 0 Å². The lowest BCUT2D eigenvalue weighted by Gasteiger charge is -2.30. The number of rotatable bonds is 5. The van der Waals surface area contributed by atoms with Gasteiger partial charge in [-0.25, -0.2) is 0 Å². The number of likely N-dealkylation sites (tertiary alicyclic amines) is 2. The first kappa shape index (κ1) is 18.9. The molecule has 0 radical (unpaired) electrons. The third kappa shape index (κ3) is 5.53. The summed E-state index contributed by atoms with van der Waals surface area (Å²) in [6.07, 6.45) is 7.81. The lowest BCUT2D eigenvalue weighted by molar-refractivity contribution is -0.114. The second-order valence-electron chi connectivity index (χ2n) is 7.45. The molecule has 2 saturated heterocycles. The second-order valence-corrected chi connectivity index (χ2v) is 8.37. The molecule has 0 unspecified atom stereocenters. The Balaban J connectivity index is 1.84. The van der Waals surface area contributed by atoms with Crippen molar-refractivity contribution in [1.29, 1.82) is 0 Å². The lowest BCUT2D eigenvalue weighted by Crippen LogP contribution is -2.31. The van der Waals surface area contributed by atoms with E-state index in [2.05, 4.69) is 43.2 Å². The summed E-state index contributed by atoms with van der Waals surface area (Å²) in [5.74, 6) is 0.0158. The number of piperidine rings is 2. The maximum atomic E-state index is 11.8. The molecule has 1 aromatic rings. The average Bonchev–Trinajstić information content (AvgIpc) is 2.59. The molecule has 0 bridgehead atoms. The van der Waals surface area contributed by atoms with Gasteiger partial charge in [0.25, 0.3) is 0 Å². The van der Waals surface area contributed by atoms with E-state index in [0.29, 0.717) is 0 Å². The van der Waals surface area contributed by atoms with Gasteiger partial charge >= 0.3 is 0 Å². The number of carbonyl (C=O) groups excluding carboxylic acids is 1. The Morgan fingerprint density at radius 3 is 1.76 bits per heavy atom. The molecule has 138 valence electrons. The van der Waals surface area contributed by atoms with Gasteiger partial charge < -0.3 is 5.32 Å². The fourth-order valence-corrected chi connectivity index (χ4v) is 4.58. The second kappa shape index (κ2) is 9.15. The highest BCUT2D eigenvalue weighted by Gasteiger charge is 2.19. The number of halogens is 1. The van der Waals surface area contributed by atoms with Crippen LogP contribution in [-0.2, 0) is 17.9 Å². The first-order valence-corrected chi connectivity index (χ1v) is 10.4. The van der Waals surface area contributed by atoms with Gasteiger partial charge in [0.2, 0.25) is 5.91 Å². The summed E-state index contributed by atoms with van der Waals surface area (Å²) in [7, 11) is 0. The van der Waals surface area contributed by atoms with Crippen LogP contribution in [0.4, 0.5) is 5.69 Å². The van der Waals surface area contributed by atoms with Crippen molar-refractivity contribution in [2.75, 3.05) is 31.5 Å². The van der Waals surface area contributed by atoms with Gasteiger partial charge in [0.05, 0.1) is 0 Å². The molecule has 2 aliphatic rings. The van der Waals surface area contributed by atoms with Crippen LogP contribution in [0.2, 0.25) is 0 Å². The Kier molecular flexibility index (Phi) is 6.91. The molecule has 2 fully saturated rings. The van der Waals surface area contributed by atoms with Crippen LogP contribution in [0.1, 0.15) is 56.6 Å². The van der Waals surface area contributed by atoms with Crippen molar-refractivity contribution >= 4 is 27.5 Å². The average molecular weight is 408 g/mol. The highest BCUT2D eigenvalue weighted by atomic mass is 79.9. The number of hydrogen-bond acceptors (Lipinski definition) is 3. The van der Waals surface area contributed by atoms with Crippen molar-refractivity contribution in [3.05, 3.63) is 27.7 Å². The van der Waals surface area contributed by atoms with E-state index in [1.807, 2.05) is 0 Å². The van der Waals surface area contributed by atoms with Crippen molar-refractivity contribution in [1.82, 2.24) is 9.80 Å². The molecular formula is C20H30BrN3O. The minimum absolute atomic E-state index is 0.0158. The molecule has 0 aromatic heterocycles. The zero-order valence-electron chi connectivity index (χ0n) is 15.3. The summed E-state index contributed by atoms with van der Waals surface area (Å²) in [5.41, 5.74) is 3.50. The van der Waals surface area contributed by atoms with E-state index in [1.165, 1.54) is 49.7 Å². The van der Waals surface area contributed by atoms with Crippen molar-refractivity contribution < 1.29 is 4.79 Å². The summed E-state index contributed by atoms with van der Waals surface area (Å²) in [6, 6.07) is 4.36. The summed E-state index contributed by atoms with van der Waals surface area (Å²) in [6.45, 7) is 8.09. The third-order valence-electron chi connectivity index (χ3n) is 5.25. The fourth-order valence-electron chi connectivity index (χ4n) is 4.03. The van der Waals surface area contributed by atoms with E-state index in [4.69, 9.17) is 0 Å². The maximum absolute atomic E-state index is 11.8. The van der Waals surface area contributed by atoms with Gasteiger partial charge in [-0.3, -0.25) is 14.6 Å². The molecule has 1 aromatic carbocycles. The number of carbonyl (C=O) groups is 1. The molecule has 2 heterocycles. The number of nitrogens with zero attached hydrogens (tertiary/aromatic N) is 2. The summed E-state index contributed by atoms with van der Waals surface area (Å²) < 4.78 is 1.11. The lowest BCUT2D eigenvalue weighted by atomic mass is 10.0. The Morgan fingerprint density at radius 1 is 0.920 bits per heavy atom.